The Balaban J connectivity index is 2.91. The van der Waals surface area contributed by atoms with E-state index in [0.717, 1.165) is 5.56 Å². The van der Waals surface area contributed by atoms with Crippen LogP contribution in [0, 0.1) is 11.3 Å². The molecule has 92 valence electrons. The second kappa shape index (κ2) is 7.08. The molecule has 0 heterocycles. The van der Waals surface area contributed by atoms with Crippen molar-refractivity contribution in [3.05, 3.63) is 53.1 Å². The molecule has 1 aromatic rings. The van der Waals surface area contributed by atoms with Crippen LogP contribution in [0.5, 0.6) is 0 Å². The van der Waals surface area contributed by atoms with Gasteiger partial charge in [-0.3, -0.25) is 0 Å². The first kappa shape index (κ1) is 13.7. The van der Waals surface area contributed by atoms with Gasteiger partial charge in [0.15, 0.2) is 0 Å². The summed E-state index contributed by atoms with van der Waals surface area (Å²) in [6.07, 6.45) is 3.59. The molecule has 0 unspecified atom stereocenters. The van der Waals surface area contributed by atoms with Crippen molar-refractivity contribution in [2.45, 2.75) is 13.8 Å². The molecule has 3 heteroatoms. The number of nitrogens with zero attached hydrogens (tertiary/aromatic N) is 1. The van der Waals surface area contributed by atoms with Gasteiger partial charge in [0.05, 0.1) is 6.61 Å². The van der Waals surface area contributed by atoms with Crippen molar-refractivity contribution in [1.82, 2.24) is 0 Å². The van der Waals surface area contributed by atoms with Gasteiger partial charge in [-0.25, -0.2) is 4.79 Å². The summed E-state index contributed by atoms with van der Waals surface area (Å²) in [7, 11) is 0. The van der Waals surface area contributed by atoms with Crippen molar-refractivity contribution in [1.29, 1.82) is 5.26 Å². The topological polar surface area (TPSA) is 50.1 Å². The first-order chi connectivity index (χ1) is 8.69. The van der Waals surface area contributed by atoms with E-state index in [1.165, 1.54) is 0 Å². The third kappa shape index (κ3) is 3.91. The number of esters is 1. The van der Waals surface area contributed by atoms with Crippen LogP contribution in [0.4, 0.5) is 0 Å². The van der Waals surface area contributed by atoms with Crippen LogP contribution in [-0.2, 0) is 9.53 Å². The lowest BCUT2D eigenvalue weighted by Crippen LogP contribution is -2.07. The minimum Gasteiger partial charge on any atom is -0.462 e. The van der Waals surface area contributed by atoms with Gasteiger partial charge in [-0.1, -0.05) is 42.5 Å². The maximum Gasteiger partial charge on any atom is 0.349 e. The lowest BCUT2D eigenvalue weighted by molar-refractivity contribution is -0.138. The highest BCUT2D eigenvalue weighted by molar-refractivity contribution is 5.94. The molecule has 3 nitrogen and oxygen atoms in total. The SMILES string of the molecule is CCOC(=O)C(C#N)=C(C)C=Cc1ccccc1. The molecule has 0 aromatic heterocycles. The van der Waals surface area contributed by atoms with E-state index in [4.69, 9.17) is 10.00 Å². The van der Waals surface area contributed by atoms with Gasteiger partial charge in [-0.15, -0.1) is 0 Å². The smallest absolute Gasteiger partial charge is 0.349 e. The molecule has 18 heavy (non-hydrogen) atoms. The summed E-state index contributed by atoms with van der Waals surface area (Å²) in [4.78, 5) is 11.5. The predicted molar refractivity (Wildman–Crippen MR) is 70.4 cm³/mol. The number of ether oxygens (including phenoxy) is 1. The van der Waals surface area contributed by atoms with Gasteiger partial charge < -0.3 is 4.74 Å². The van der Waals surface area contributed by atoms with Crippen LogP contribution < -0.4 is 0 Å². The highest BCUT2D eigenvalue weighted by Crippen LogP contribution is 2.10. The van der Waals surface area contributed by atoms with Crippen molar-refractivity contribution in [3.8, 4) is 6.07 Å². The zero-order valence-electron chi connectivity index (χ0n) is 10.5. The van der Waals surface area contributed by atoms with Crippen molar-refractivity contribution in [2.24, 2.45) is 0 Å². The van der Waals surface area contributed by atoms with Crippen LogP contribution in [0.2, 0.25) is 0 Å². The molecule has 0 amide bonds. The van der Waals surface area contributed by atoms with Crippen LogP contribution in [0.25, 0.3) is 6.08 Å². The highest BCUT2D eigenvalue weighted by Gasteiger charge is 2.11. The van der Waals surface area contributed by atoms with Gasteiger partial charge in [-0.2, -0.15) is 5.26 Å². The van der Waals surface area contributed by atoms with Crippen LogP contribution in [0.3, 0.4) is 0 Å². The number of rotatable bonds is 4. The van der Waals surface area contributed by atoms with Crippen molar-refractivity contribution < 1.29 is 9.53 Å². The highest BCUT2D eigenvalue weighted by atomic mass is 16.5. The summed E-state index contributed by atoms with van der Waals surface area (Å²) >= 11 is 0. The van der Waals surface area contributed by atoms with E-state index in [1.54, 1.807) is 19.9 Å². The van der Waals surface area contributed by atoms with Crippen LogP contribution in [0.15, 0.2) is 47.6 Å². The van der Waals surface area contributed by atoms with E-state index in [-0.39, 0.29) is 12.2 Å². The molecule has 1 aromatic carbocycles. The minimum absolute atomic E-state index is 0.0454. The number of carbonyl (C=O) groups is 1. The number of nitriles is 1. The average molecular weight is 241 g/mol. The van der Waals surface area contributed by atoms with E-state index >= 15 is 0 Å². The molecular weight excluding hydrogens is 226 g/mol. The van der Waals surface area contributed by atoms with Crippen molar-refractivity contribution in [2.75, 3.05) is 6.61 Å². The normalized spacial score (nSPS) is 11.8. The second-order valence-electron chi connectivity index (χ2n) is 3.63. The summed E-state index contributed by atoms with van der Waals surface area (Å²) in [5, 5.41) is 8.95. The first-order valence-corrected chi connectivity index (χ1v) is 5.70. The van der Waals surface area contributed by atoms with E-state index < -0.39 is 5.97 Å². The summed E-state index contributed by atoms with van der Waals surface area (Å²) in [6.45, 7) is 3.69. The Labute approximate surface area is 107 Å². The summed E-state index contributed by atoms with van der Waals surface area (Å²) in [5.41, 5.74) is 1.65. The molecule has 0 aliphatic heterocycles. The molecule has 0 saturated carbocycles. The summed E-state index contributed by atoms with van der Waals surface area (Å²) in [5.74, 6) is -0.574. The Morgan fingerprint density at radius 3 is 2.61 bits per heavy atom. The lowest BCUT2D eigenvalue weighted by Gasteiger charge is -2.01. The number of hydrogen-bond donors (Lipinski definition) is 0. The Morgan fingerprint density at radius 1 is 1.39 bits per heavy atom. The molecule has 0 N–H and O–H groups in total. The number of carbonyl (C=O) groups excluding carboxylic acids is 1. The van der Waals surface area contributed by atoms with Gasteiger partial charge in [0, 0.05) is 0 Å². The van der Waals surface area contributed by atoms with Crippen molar-refractivity contribution >= 4 is 12.0 Å². The average Bonchev–Trinajstić information content (AvgIpc) is 2.39. The van der Waals surface area contributed by atoms with Gasteiger partial charge in [0.2, 0.25) is 0 Å². The maximum absolute atomic E-state index is 11.5. The molecule has 1 rings (SSSR count). The summed E-state index contributed by atoms with van der Waals surface area (Å²) in [6, 6.07) is 11.5. The quantitative estimate of drug-likeness (QED) is 0.352. The third-order valence-corrected chi connectivity index (χ3v) is 2.31. The van der Waals surface area contributed by atoms with Gasteiger partial charge >= 0.3 is 5.97 Å². The number of hydrogen-bond acceptors (Lipinski definition) is 3. The van der Waals surface area contributed by atoms with Gasteiger partial charge in [0.1, 0.15) is 11.6 Å². The number of allylic oxidation sites excluding steroid dienone is 2. The zero-order valence-corrected chi connectivity index (χ0v) is 10.5. The Bertz CT molecular complexity index is 507. The van der Waals surface area contributed by atoms with Crippen LogP contribution in [0.1, 0.15) is 19.4 Å². The fourth-order valence-corrected chi connectivity index (χ4v) is 1.37. The molecule has 0 radical (unpaired) electrons. The molecule has 0 spiro atoms. The molecular formula is C15H15NO2. The van der Waals surface area contributed by atoms with Crippen molar-refractivity contribution in [3.63, 3.8) is 0 Å². The fraction of sp³-hybridized carbons (Fsp3) is 0.200. The molecule has 0 aliphatic rings. The Morgan fingerprint density at radius 2 is 2.06 bits per heavy atom. The Kier molecular flexibility index (Phi) is 5.40. The van der Waals surface area contributed by atoms with E-state index in [9.17, 15) is 4.79 Å². The van der Waals surface area contributed by atoms with Gasteiger partial charge in [0.25, 0.3) is 0 Å². The molecule has 0 aliphatic carbocycles. The van der Waals surface area contributed by atoms with E-state index in [1.807, 2.05) is 42.5 Å². The van der Waals surface area contributed by atoms with Crippen LogP contribution >= 0.6 is 0 Å². The molecule has 0 atom stereocenters. The molecule has 0 bridgehead atoms. The molecule has 0 saturated heterocycles. The predicted octanol–water partition coefficient (Wildman–Crippen LogP) is 3.10. The summed E-state index contributed by atoms with van der Waals surface area (Å²) < 4.78 is 4.81. The number of benzene rings is 1. The minimum atomic E-state index is -0.574. The first-order valence-electron chi connectivity index (χ1n) is 5.70. The Hall–Kier alpha value is -2.34. The fourth-order valence-electron chi connectivity index (χ4n) is 1.37. The second-order valence-corrected chi connectivity index (χ2v) is 3.63. The van der Waals surface area contributed by atoms with Crippen LogP contribution in [-0.4, -0.2) is 12.6 Å². The van der Waals surface area contributed by atoms with Gasteiger partial charge in [-0.05, 0) is 25.0 Å². The van der Waals surface area contributed by atoms with E-state index in [2.05, 4.69) is 0 Å². The lowest BCUT2D eigenvalue weighted by atomic mass is 10.1. The van der Waals surface area contributed by atoms with E-state index in [0.29, 0.717) is 5.57 Å². The zero-order chi connectivity index (χ0) is 13.4. The largest absolute Gasteiger partial charge is 0.462 e. The molecule has 0 fully saturated rings. The maximum atomic E-state index is 11.5. The third-order valence-electron chi connectivity index (χ3n) is 2.31. The standard InChI is InChI=1S/C15H15NO2/c1-3-18-15(17)14(11-16)12(2)9-10-13-7-5-4-6-8-13/h4-10H,3H2,1-2H3. The monoisotopic (exact) mass is 241 g/mol.